The summed E-state index contributed by atoms with van der Waals surface area (Å²) in [6, 6.07) is 6.63. The zero-order valence-corrected chi connectivity index (χ0v) is 8.65. The Balaban J connectivity index is 2.86. The second-order valence-electron chi connectivity index (χ2n) is 2.98. The number of carbonyl (C=O) groups excluding carboxylic acids is 2. The molecule has 1 aromatic carbocycles. The molecule has 80 valence electrons. The van der Waals surface area contributed by atoms with Crippen LogP contribution in [0.2, 0.25) is 0 Å². The first kappa shape index (κ1) is 11.2. The van der Waals surface area contributed by atoms with Crippen LogP contribution in [0.3, 0.4) is 0 Å². The van der Waals surface area contributed by atoms with Gasteiger partial charge in [0.05, 0.1) is 7.11 Å². The van der Waals surface area contributed by atoms with Crippen molar-refractivity contribution >= 4 is 11.8 Å². The average Bonchev–Trinajstić information content (AvgIpc) is 2.25. The van der Waals surface area contributed by atoms with Crippen molar-refractivity contribution in [1.82, 2.24) is 0 Å². The van der Waals surface area contributed by atoms with Gasteiger partial charge in [-0.2, -0.15) is 0 Å². The Morgan fingerprint density at radius 2 is 1.93 bits per heavy atom. The normalized spacial score (nSPS) is 9.47. The number of benzene rings is 1. The first-order chi connectivity index (χ1) is 7.15. The molecule has 0 N–H and O–H groups in total. The molecule has 0 saturated heterocycles. The molecular weight excluding hydrogens is 196 g/mol. The monoisotopic (exact) mass is 208 g/mol. The minimum absolute atomic E-state index is 0.0476. The van der Waals surface area contributed by atoms with Crippen LogP contribution in [0.5, 0.6) is 5.75 Å². The Labute approximate surface area is 87.8 Å². The maximum Gasteiger partial charge on any atom is 0.341 e. The quantitative estimate of drug-likeness (QED) is 0.702. The summed E-state index contributed by atoms with van der Waals surface area (Å²) in [5, 5.41) is 0. The van der Waals surface area contributed by atoms with Crippen LogP contribution < -0.4 is 4.74 Å². The number of methoxy groups -OCH3 is 1. The van der Waals surface area contributed by atoms with Gasteiger partial charge in [0.15, 0.2) is 5.78 Å². The molecule has 15 heavy (non-hydrogen) atoms. The van der Waals surface area contributed by atoms with Gasteiger partial charge in [-0.15, -0.1) is 0 Å². The van der Waals surface area contributed by atoms with Gasteiger partial charge in [-0.1, -0.05) is 12.1 Å². The van der Waals surface area contributed by atoms with Crippen LogP contribution in [-0.4, -0.2) is 25.5 Å². The molecule has 0 aliphatic heterocycles. The number of hydrogen-bond donors (Lipinski definition) is 0. The molecule has 0 aliphatic carbocycles. The summed E-state index contributed by atoms with van der Waals surface area (Å²) >= 11 is 0. The molecule has 1 aromatic rings. The fourth-order valence-electron chi connectivity index (χ4n) is 1.05. The number of carbonyl (C=O) groups is 2. The fraction of sp³-hybridized carbons (Fsp3) is 0.273. The molecule has 0 spiro atoms. The third-order valence-electron chi connectivity index (χ3n) is 1.72. The molecule has 0 heterocycles. The van der Waals surface area contributed by atoms with E-state index in [1.807, 2.05) is 0 Å². The summed E-state index contributed by atoms with van der Waals surface area (Å²) in [5.74, 6) is -0.219. The molecule has 4 nitrogen and oxygen atoms in total. The van der Waals surface area contributed by atoms with Gasteiger partial charge in [-0.25, -0.2) is 4.79 Å². The summed E-state index contributed by atoms with van der Waals surface area (Å²) in [5.41, 5.74) is 0.321. The molecule has 0 radical (unpaired) electrons. The van der Waals surface area contributed by atoms with Crippen molar-refractivity contribution in [1.29, 1.82) is 0 Å². The Kier molecular flexibility index (Phi) is 3.85. The zero-order chi connectivity index (χ0) is 11.3. The highest BCUT2D eigenvalue weighted by atomic mass is 16.5. The number of ketones is 1. The topological polar surface area (TPSA) is 52.6 Å². The second-order valence-corrected chi connectivity index (χ2v) is 2.98. The van der Waals surface area contributed by atoms with Crippen LogP contribution in [0.1, 0.15) is 17.3 Å². The van der Waals surface area contributed by atoms with E-state index in [2.05, 4.69) is 4.74 Å². The lowest BCUT2D eigenvalue weighted by atomic mass is 10.2. The number of ether oxygens (including phenoxy) is 2. The number of para-hydroxylation sites is 1. The van der Waals surface area contributed by atoms with Crippen LogP contribution >= 0.6 is 0 Å². The largest absolute Gasteiger partial charge is 0.485 e. The molecule has 0 aromatic heterocycles. The van der Waals surface area contributed by atoms with E-state index >= 15 is 0 Å². The Morgan fingerprint density at radius 3 is 2.53 bits per heavy atom. The molecule has 0 amide bonds. The van der Waals surface area contributed by atoms with E-state index in [0.29, 0.717) is 11.3 Å². The van der Waals surface area contributed by atoms with Crippen molar-refractivity contribution in [3.63, 3.8) is 0 Å². The van der Waals surface area contributed by atoms with Crippen LogP contribution in [0, 0.1) is 0 Å². The number of rotatable bonds is 4. The number of Topliss-reactive ketones (excluding diaryl/α,β-unsaturated/α-hetero) is 1. The molecular formula is C11H12O4. The third-order valence-corrected chi connectivity index (χ3v) is 1.72. The minimum atomic E-state index is -0.478. The second kappa shape index (κ2) is 5.14. The summed E-state index contributed by atoms with van der Waals surface area (Å²) < 4.78 is 9.75. The Hall–Kier alpha value is -1.84. The Morgan fingerprint density at radius 1 is 1.27 bits per heavy atom. The molecule has 0 atom stereocenters. The van der Waals surface area contributed by atoms with E-state index in [4.69, 9.17) is 4.74 Å². The fourth-order valence-corrected chi connectivity index (χ4v) is 1.05. The molecule has 1 rings (SSSR count). The highest BCUT2D eigenvalue weighted by Gasteiger charge is 2.12. The molecule has 4 heteroatoms. The zero-order valence-electron chi connectivity index (χ0n) is 8.65. The predicted molar refractivity (Wildman–Crippen MR) is 54.0 cm³/mol. The van der Waals surface area contributed by atoms with Gasteiger partial charge in [-0.3, -0.25) is 4.79 Å². The molecule has 0 bridgehead atoms. The van der Waals surface area contributed by atoms with Crippen molar-refractivity contribution in [3.8, 4) is 5.75 Å². The van der Waals surface area contributed by atoms with Crippen molar-refractivity contribution < 1.29 is 19.1 Å². The van der Waals surface area contributed by atoms with Gasteiger partial charge in [0.1, 0.15) is 17.9 Å². The summed E-state index contributed by atoms with van der Waals surface area (Å²) in [6.45, 7) is 1.37. The van der Waals surface area contributed by atoms with Gasteiger partial charge in [0, 0.05) is 0 Å². The van der Waals surface area contributed by atoms with Crippen molar-refractivity contribution in [2.24, 2.45) is 0 Å². The summed E-state index contributed by atoms with van der Waals surface area (Å²) in [7, 11) is 1.30. The van der Waals surface area contributed by atoms with Gasteiger partial charge >= 0.3 is 5.97 Å². The lowest BCUT2D eigenvalue weighted by Crippen LogP contribution is -2.10. The summed E-state index contributed by atoms with van der Waals surface area (Å²) in [4.78, 5) is 22.0. The van der Waals surface area contributed by atoms with Crippen molar-refractivity contribution in [3.05, 3.63) is 29.8 Å². The van der Waals surface area contributed by atoms with Crippen LogP contribution in [-0.2, 0) is 9.53 Å². The van der Waals surface area contributed by atoms with Gasteiger partial charge in [0.25, 0.3) is 0 Å². The van der Waals surface area contributed by atoms with Crippen molar-refractivity contribution in [2.75, 3.05) is 13.7 Å². The summed E-state index contributed by atoms with van der Waals surface area (Å²) in [6.07, 6.45) is 0. The lowest BCUT2D eigenvalue weighted by molar-refractivity contribution is -0.118. The maximum absolute atomic E-state index is 11.3. The average molecular weight is 208 g/mol. The smallest absolute Gasteiger partial charge is 0.341 e. The van der Waals surface area contributed by atoms with Crippen LogP contribution in [0.25, 0.3) is 0 Å². The van der Waals surface area contributed by atoms with Gasteiger partial charge < -0.3 is 9.47 Å². The van der Waals surface area contributed by atoms with E-state index in [1.165, 1.54) is 14.0 Å². The maximum atomic E-state index is 11.3. The molecule has 0 unspecified atom stereocenters. The molecule has 0 saturated carbocycles. The first-order valence-corrected chi connectivity index (χ1v) is 4.44. The lowest BCUT2D eigenvalue weighted by Gasteiger charge is -2.08. The van der Waals surface area contributed by atoms with E-state index in [-0.39, 0.29) is 12.4 Å². The SMILES string of the molecule is COC(=O)c1ccccc1OCC(C)=O. The minimum Gasteiger partial charge on any atom is -0.485 e. The molecule has 0 aliphatic rings. The third kappa shape index (κ3) is 3.09. The highest BCUT2D eigenvalue weighted by Crippen LogP contribution is 2.18. The predicted octanol–water partition coefficient (Wildman–Crippen LogP) is 1.44. The first-order valence-electron chi connectivity index (χ1n) is 4.44. The number of hydrogen-bond acceptors (Lipinski definition) is 4. The number of esters is 1. The van der Waals surface area contributed by atoms with E-state index in [0.717, 1.165) is 0 Å². The van der Waals surface area contributed by atoms with E-state index in [9.17, 15) is 9.59 Å². The van der Waals surface area contributed by atoms with Gasteiger partial charge in [-0.05, 0) is 19.1 Å². The Bertz CT molecular complexity index is 371. The highest BCUT2D eigenvalue weighted by molar-refractivity contribution is 5.92. The van der Waals surface area contributed by atoms with Gasteiger partial charge in [0.2, 0.25) is 0 Å². The van der Waals surface area contributed by atoms with E-state index < -0.39 is 5.97 Å². The van der Waals surface area contributed by atoms with Crippen LogP contribution in [0.4, 0.5) is 0 Å². The van der Waals surface area contributed by atoms with Crippen molar-refractivity contribution in [2.45, 2.75) is 6.92 Å². The van der Waals surface area contributed by atoms with Crippen LogP contribution in [0.15, 0.2) is 24.3 Å². The van der Waals surface area contributed by atoms with E-state index in [1.54, 1.807) is 24.3 Å². The molecule has 0 fully saturated rings. The standard InChI is InChI=1S/C11H12O4/c1-8(12)7-15-10-6-4-3-5-9(10)11(13)14-2/h3-6H,7H2,1-2H3.